The second-order valence-corrected chi connectivity index (χ2v) is 7.81. The van der Waals surface area contributed by atoms with E-state index in [-0.39, 0.29) is 22.6 Å². The van der Waals surface area contributed by atoms with E-state index in [2.05, 4.69) is 15.4 Å². The van der Waals surface area contributed by atoms with Crippen molar-refractivity contribution in [3.63, 3.8) is 0 Å². The van der Waals surface area contributed by atoms with Crippen LogP contribution < -0.4 is 15.4 Å². The lowest BCUT2D eigenvalue weighted by atomic mass is 10.1. The van der Waals surface area contributed by atoms with E-state index in [9.17, 15) is 9.59 Å². The molecule has 4 rings (SSSR count). The number of anilines is 1. The van der Waals surface area contributed by atoms with Crippen molar-refractivity contribution >= 4 is 29.2 Å². The molecule has 3 aromatic rings. The van der Waals surface area contributed by atoms with Crippen molar-refractivity contribution in [2.45, 2.75) is 6.10 Å². The van der Waals surface area contributed by atoms with Gasteiger partial charge in [0.1, 0.15) is 11.5 Å². The molecular weight excluding hydrogens is 444 g/mol. The predicted octanol–water partition coefficient (Wildman–Crippen LogP) is 4.83. The highest BCUT2D eigenvalue weighted by atomic mass is 35.5. The summed E-state index contributed by atoms with van der Waals surface area (Å²) in [5, 5.41) is 6.42. The van der Waals surface area contributed by atoms with E-state index in [0.717, 1.165) is 18.7 Å². The number of carbonyl (C=O) groups excluding carboxylic acids is 2. The number of amides is 1. The molecule has 7 nitrogen and oxygen atoms in total. The van der Waals surface area contributed by atoms with Crippen LogP contribution in [0.4, 0.5) is 5.69 Å². The summed E-state index contributed by atoms with van der Waals surface area (Å²) in [4.78, 5) is 24.2. The summed E-state index contributed by atoms with van der Waals surface area (Å²) >= 11 is 6.12. The first kappa shape index (κ1) is 22.8. The molecular formula is C25H23ClN2O5. The molecule has 0 spiro atoms. The molecule has 0 radical (unpaired) electrons. The van der Waals surface area contributed by atoms with Crippen LogP contribution in [-0.4, -0.2) is 38.7 Å². The fraction of sp³-hybridized carbons (Fsp3) is 0.200. The molecule has 1 atom stereocenters. The van der Waals surface area contributed by atoms with E-state index < -0.39 is 5.97 Å². The third-order valence-corrected chi connectivity index (χ3v) is 5.48. The minimum absolute atomic E-state index is 0.0302. The van der Waals surface area contributed by atoms with E-state index in [1.54, 1.807) is 30.3 Å². The summed E-state index contributed by atoms with van der Waals surface area (Å²) in [5.74, 6) is 0.243. The number of morpholine rings is 1. The van der Waals surface area contributed by atoms with Gasteiger partial charge in [-0.1, -0.05) is 23.7 Å². The van der Waals surface area contributed by atoms with Crippen molar-refractivity contribution in [2.24, 2.45) is 0 Å². The summed E-state index contributed by atoms with van der Waals surface area (Å²) in [6.07, 6.45) is 0.0302. The second kappa shape index (κ2) is 10.5. The Kier molecular flexibility index (Phi) is 7.24. The van der Waals surface area contributed by atoms with Crippen molar-refractivity contribution in [3.05, 3.63) is 88.4 Å². The zero-order valence-electron chi connectivity index (χ0n) is 18.0. The molecule has 0 bridgehead atoms. The van der Waals surface area contributed by atoms with Gasteiger partial charge in [-0.05, 0) is 54.1 Å². The molecule has 8 heteroatoms. The lowest BCUT2D eigenvalue weighted by Gasteiger charge is -2.24. The summed E-state index contributed by atoms with van der Waals surface area (Å²) in [7, 11) is 1.29. The van der Waals surface area contributed by atoms with Crippen LogP contribution in [0.3, 0.4) is 0 Å². The largest absolute Gasteiger partial charge is 0.465 e. The molecule has 1 heterocycles. The first-order valence-corrected chi connectivity index (χ1v) is 10.8. The second-order valence-electron chi connectivity index (χ2n) is 7.40. The van der Waals surface area contributed by atoms with Crippen molar-refractivity contribution in [1.82, 2.24) is 5.32 Å². The third kappa shape index (κ3) is 5.70. The minimum atomic E-state index is -0.518. The molecule has 3 aromatic carbocycles. The SMILES string of the molecule is COC(=O)c1ccc(Oc2ccc(C(=O)Nc3ccc([C@@H]4CNCCO4)cc3)cc2)cc1Cl. The standard InChI is InChI=1S/C25H23ClN2O5/c1-31-25(30)21-11-10-20(14-22(21)26)33-19-8-4-17(5-9-19)24(29)28-18-6-2-16(3-7-18)23-15-27-12-13-32-23/h2-11,14,23,27H,12-13,15H2,1H3,(H,28,29)/t23-/m0/s1. The summed E-state index contributed by atoms with van der Waals surface area (Å²) in [6, 6.07) is 19.1. The predicted molar refractivity (Wildman–Crippen MR) is 125 cm³/mol. The van der Waals surface area contributed by atoms with Gasteiger partial charge in [0.15, 0.2) is 0 Å². The zero-order chi connectivity index (χ0) is 23.2. The van der Waals surface area contributed by atoms with Crippen LogP contribution >= 0.6 is 11.6 Å². The molecule has 33 heavy (non-hydrogen) atoms. The van der Waals surface area contributed by atoms with Crippen molar-refractivity contribution in [1.29, 1.82) is 0 Å². The number of nitrogens with one attached hydrogen (secondary N) is 2. The van der Waals surface area contributed by atoms with E-state index in [0.29, 0.717) is 29.4 Å². The Morgan fingerprint density at radius 1 is 1.03 bits per heavy atom. The van der Waals surface area contributed by atoms with E-state index in [4.69, 9.17) is 21.1 Å². The van der Waals surface area contributed by atoms with Gasteiger partial charge < -0.3 is 24.8 Å². The number of esters is 1. The Bertz CT molecular complexity index is 1130. The average molecular weight is 467 g/mol. The van der Waals surface area contributed by atoms with Crippen LogP contribution in [0.15, 0.2) is 66.7 Å². The number of carbonyl (C=O) groups is 2. The molecule has 170 valence electrons. The van der Waals surface area contributed by atoms with Crippen molar-refractivity contribution in [2.75, 3.05) is 32.1 Å². The Labute approximate surface area is 196 Å². The number of benzene rings is 3. The van der Waals surface area contributed by atoms with Crippen LogP contribution in [0.25, 0.3) is 0 Å². The molecule has 1 saturated heterocycles. The summed E-state index contributed by atoms with van der Waals surface area (Å²) in [6.45, 7) is 2.33. The maximum absolute atomic E-state index is 12.6. The van der Waals surface area contributed by atoms with Crippen LogP contribution in [0.2, 0.25) is 5.02 Å². The molecule has 0 saturated carbocycles. The molecule has 1 aliphatic heterocycles. The highest BCUT2D eigenvalue weighted by molar-refractivity contribution is 6.33. The first-order valence-electron chi connectivity index (χ1n) is 10.4. The molecule has 0 aliphatic carbocycles. The van der Waals surface area contributed by atoms with Crippen molar-refractivity contribution in [3.8, 4) is 11.5 Å². The van der Waals surface area contributed by atoms with Crippen molar-refractivity contribution < 1.29 is 23.8 Å². The quantitative estimate of drug-likeness (QED) is 0.506. The maximum Gasteiger partial charge on any atom is 0.339 e. The monoisotopic (exact) mass is 466 g/mol. The fourth-order valence-corrected chi connectivity index (χ4v) is 3.66. The zero-order valence-corrected chi connectivity index (χ0v) is 18.7. The van der Waals surface area contributed by atoms with Gasteiger partial charge in [0.05, 0.1) is 30.4 Å². The molecule has 1 fully saturated rings. The maximum atomic E-state index is 12.6. The molecule has 1 aliphatic rings. The molecule has 0 unspecified atom stereocenters. The van der Waals surface area contributed by atoms with E-state index in [1.165, 1.54) is 19.2 Å². The van der Waals surface area contributed by atoms with Crippen LogP contribution in [0, 0.1) is 0 Å². The molecule has 2 N–H and O–H groups in total. The highest BCUT2D eigenvalue weighted by Gasteiger charge is 2.16. The normalized spacial score (nSPS) is 15.5. The van der Waals surface area contributed by atoms with Gasteiger partial charge in [0.2, 0.25) is 0 Å². The van der Waals surface area contributed by atoms with Crippen LogP contribution in [-0.2, 0) is 9.47 Å². The van der Waals surface area contributed by atoms with E-state index in [1.807, 2.05) is 24.3 Å². The van der Waals surface area contributed by atoms with Crippen LogP contribution in [0.5, 0.6) is 11.5 Å². The number of ether oxygens (including phenoxy) is 3. The summed E-state index contributed by atoms with van der Waals surface area (Å²) < 4.78 is 16.2. The summed E-state index contributed by atoms with van der Waals surface area (Å²) in [5.41, 5.74) is 2.52. The Morgan fingerprint density at radius 3 is 2.39 bits per heavy atom. The number of methoxy groups -OCH3 is 1. The third-order valence-electron chi connectivity index (χ3n) is 5.17. The number of hydrogen-bond donors (Lipinski definition) is 2. The molecule has 0 aromatic heterocycles. The smallest absolute Gasteiger partial charge is 0.339 e. The lowest BCUT2D eigenvalue weighted by molar-refractivity contribution is 0.0277. The Balaban J connectivity index is 1.36. The van der Waals surface area contributed by atoms with Crippen LogP contribution in [0.1, 0.15) is 32.4 Å². The van der Waals surface area contributed by atoms with Gasteiger partial charge in [-0.3, -0.25) is 4.79 Å². The fourth-order valence-electron chi connectivity index (χ4n) is 3.41. The molecule has 1 amide bonds. The Hall–Kier alpha value is -3.39. The van der Waals surface area contributed by atoms with Gasteiger partial charge in [-0.15, -0.1) is 0 Å². The topological polar surface area (TPSA) is 85.9 Å². The Morgan fingerprint density at radius 2 is 1.76 bits per heavy atom. The highest BCUT2D eigenvalue weighted by Crippen LogP contribution is 2.28. The van der Waals surface area contributed by atoms with Gasteiger partial charge in [-0.2, -0.15) is 0 Å². The van der Waals surface area contributed by atoms with E-state index >= 15 is 0 Å². The number of hydrogen-bond acceptors (Lipinski definition) is 6. The minimum Gasteiger partial charge on any atom is -0.465 e. The van der Waals surface area contributed by atoms with Gasteiger partial charge >= 0.3 is 5.97 Å². The van der Waals surface area contributed by atoms with Gasteiger partial charge in [0, 0.05) is 30.4 Å². The lowest BCUT2D eigenvalue weighted by Crippen LogP contribution is -2.33. The first-order chi connectivity index (χ1) is 16.0. The average Bonchev–Trinajstić information content (AvgIpc) is 2.85. The van der Waals surface area contributed by atoms with Gasteiger partial charge in [0.25, 0.3) is 5.91 Å². The number of halogens is 1. The number of rotatable bonds is 6. The van der Waals surface area contributed by atoms with Gasteiger partial charge in [-0.25, -0.2) is 4.79 Å².